The summed E-state index contributed by atoms with van der Waals surface area (Å²) < 4.78 is 21.4. The summed E-state index contributed by atoms with van der Waals surface area (Å²) in [6.07, 6.45) is 4.01. The van der Waals surface area contributed by atoms with Crippen LogP contribution in [0.25, 0.3) is 23.4 Å². The number of benzene rings is 2. The van der Waals surface area contributed by atoms with E-state index in [1.54, 1.807) is 25.6 Å². The topological polar surface area (TPSA) is 49.8 Å². The van der Waals surface area contributed by atoms with Gasteiger partial charge in [-0.3, -0.25) is 0 Å². The fourth-order valence-electron chi connectivity index (χ4n) is 2.68. The first-order valence-corrected chi connectivity index (χ1v) is 8.90. The van der Waals surface area contributed by atoms with Crippen molar-refractivity contribution < 1.29 is 18.9 Å². The molecule has 3 aromatic rings. The fraction of sp³-hybridized carbons (Fsp3) is 0.150. The van der Waals surface area contributed by atoms with Gasteiger partial charge in [-0.05, 0) is 42.0 Å². The Bertz CT molecular complexity index is 964. The molecule has 1 aromatic heterocycles. The van der Waals surface area contributed by atoms with Crippen LogP contribution < -0.4 is 18.9 Å². The monoisotopic (exact) mass is 367 g/mol. The van der Waals surface area contributed by atoms with Crippen molar-refractivity contribution >= 4 is 23.5 Å². The summed E-state index contributed by atoms with van der Waals surface area (Å²) in [4.78, 5) is 4.68. The van der Waals surface area contributed by atoms with Gasteiger partial charge in [-0.2, -0.15) is 0 Å². The average Bonchev–Trinajstić information content (AvgIpc) is 3.34. The lowest BCUT2D eigenvalue weighted by Gasteiger charge is -2.08. The molecule has 26 heavy (non-hydrogen) atoms. The highest BCUT2D eigenvalue weighted by atomic mass is 32.1. The van der Waals surface area contributed by atoms with Crippen LogP contribution in [0.1, 0.15) is 10.6 Å². The Balaban J connectivity index is 1.55. The van der Waals surface area contributed by atoms with Crippen molar-refractivity contribution in [2.75, 3.05) is 21.0 Å². The molecule has 0 amide bonds. The van der Waals surface area contributed by atoms with Crippen molar-refractivity contribution in [3.8, 4) is 34.3 Å². The molecule has 0 fully saturated rings. The number of hydrogen-bond acceptors (Lipinski definition) is 6. The summed E-state index contributed by atoms with van der Waals surface area (Å²) in [5.74, 6) is 2.95. The Labute approximate surface area is 155 Å². The lowest BCUT2D eigenvalue weighted by Crippen LogP contribution is -1.92. The first-order valence-electron chi connectivity index (χ1n) is 8.02. The zero-order valence-corrected chi connectivity index (χ0v) is 15.2. The van der Waals surface area contributed by atoms with Crippen molar-refractivity contribution in [1.82, 2.24) is 4.98 Å². The van der Waals surface area contributed by atoms with E-state index in [0.29, 0.717) is 11.5 Å². The Hall–Kier alpha value is -2.99. The van der Waals surface area contributed by atoms with Gasteiger partial charge in [0.1, 0.15) is 5.01 Å². The Morgan fingerprint density at radius 1 is 0.962 bits per heavy atom. The van der Waals surface area contributed by atoms with Gasteiger partial charge in [0.05, 0.1) is 19.9 Å². The number of rotatable bonds is 5. The second-order valence-electron chi connectivity index (χ2n) is 5.59. The van der Waals surface area contributed by atoms with Crippen LogP contribution in [-0.2, 0) is 0 Å². The van der Waals surface area contributed by atoms with Gasteiger partial charge in [0.2, 0.25) is 6.79 Å². The van der Waals surface area contributed by atoms with Gasteiger partial charge in [0, 0.05) is 10.9 Å². The van der Waals surface area contributed by atoms with Gasteiger partial charge >= 0.3 is 0 Å². The second kappa shape index (κ2) is 7.09. The second-order valence-corrected chi connectivity index (χ2v) is 6.48. The summed E-state index contributed by atoms with van der Waals surface area (Å²) >= 11 is 1.59. The van der Waals surface area contributed by atoms with Gasteiger partial charge < -0.3 is 18.9 Å². The molecular formula is C20H17NO4S. The SMILES string of the molecule is COc1ccc(-c2csc(C=Cc3ccc4c(c3)OCO4)n2)cc1OC. The van der Waals surface area contributed by atoms with E-state index in [-0.39, 0.29) is 6.79 Å². The summed E-state index contributed by atoms with van der Waals surface area (Å²) in [5.41, 5.74) is 2.93. The number of methoxy groups -OCH3 is 2. The minimum Gasteiger partial charge on any atom is -0.493 e. The smallest absolute Gasteiger partial charge is 0.231 e. The molecule has 0 saturated heterocycles. The maximum Gasteiger partial charge on any atom is 0.231 e. The third-order valence-corrected chi connectivity index (χ3v) is 4.83. The zero-order chi connectivity index (χ0) is 17.9. The Morgan fingerprint density at radius 3 is 2.65 bits per heavy atom. The van der Waals surface area contributed by atoms with Crippen LogP contribution >= 0.6 is 11.3 Å². The summed E-state index contributed by atoms with van der Waals surface area (Å²) in [6, 6.07) is 11.7. The Morgan fingerprint density at radius 2 is 1.81 bits per heavy atom. The average molecular weight is 367 g/mol. The normalized spacial score (nSPS) is 12.5. The third kappa shape index (κ3) is 3.23. The molecule has 0 bridgehead atoms. The molecule has 2 heterocycles. The molecule has 6 heteroatoms. The molecule has 0 unspecified atom stereocenters. The van der Waals surface area contributed by atoms with Crippen LogP contribution in [0.15, 0.2) is 41.8 Å². The number of thiazole rings is 1. The van der Waals surface area contributed by atoms with Gasteiger partial charge in [0.15, 0.2) is 23.0 Å². The van der Waals surface area contributed by atoms with E-state index < -0.39 is 0 Å². The highest BCUT2D eigenvalue weighted by Gasteiger charge is 2.12. The highest BCUT2D eigenvalue weighted by molar-refractivity contribution is 7.10. The molecule has 5 nitrogen and oxygen atoms in total. The van der Waals surface area contributed by atoms with E-state index in [2.05, 4.69) is 4.98 Å². The van der Waals surface area contributed by atoms with E-state index in [1.165, 1.54) is 0 Å². The van der Waals surface area contributed by atoms with Crippen molar-refractivity contribution in [2.24, 2.45) is 0 Å². The highest BCUT2D eigenvalue weighted by Crippen LogP contribution is 2.34. The fourth-order valence-corrected chi connectivity index (χ4v) is 3.40. The Kier molecular flexibility index (Phi) is 4.50. The van der Waals surface area contributed by atoms with E-state index in [1.807, 2.05) is 53.9 Å². The molecule has 2 aromatic carbocycles. The molecule has 1 aliphatic heterocycles. The van der Waals surface area contributed by atoms with Crippen molar-refractivity contribution in [3.05, 3.63) is 52.3 Å². The summed E-state index contributed by atoms with van der Waals surface area (Å²) in [6.45, 7) is 0.281. The number of ether oxygens (including phenoxy) is 4. The molecule has 0 N–H and O–H groups in total. The van der Waals surface area contributed by atoms with E-state index in [4.69, 9.17) is 18.9 Å². The quantitative estimate of drug-likeness (QED) is 0.653. The molecule has 4 rings (SSSR count). The van der Waals surface area contributed by atoms with Gasteiger partial charge in [-0.1, -0.05) is 12.1 Å². The van der Waals surface area contributed by atoms with Gasteiger partial charge in [-0.25, -0.2) is 4.98 Å². The van der Waals surface area contributed by atoms with Crippen molar-refractivity contribution in [2.45, 2.75) is 0 Å². The molecule has 0 atom stereocenters. The molecular weight excluding hydrogens is 350 g/mol. The van der Waals surface area contributed by atoms with E-state index in [9.17, 15) is 0 Å². The van der Waals surface area contributed by atoms with E-state index >= 15 is 0 Å². The minimum atomic E-state index is 0.281. The summed E-state index contributed by atoms with van der Waals surface area (Å²) in [5, 5.41) is 2.95. The maximum absolute atomic E-state index is 5.40. The molecule has 0 aliphatic carbocycles. The van der Waals surface area contributed by atoms with Crippen LogP contribution in [0.4, 0.5) is 0 Å². The van der Waals surface area contributed by atoms with Gasteiger partial charge in [0.25, 0.3) is 0 Å². The summed E-state index contributed by atoms with van der Waals surface area (Å²) in [7, 11) is 3.25. The number of aromatic nitrogens is 1. The largest absolute Gasteiger partial charge is 0.493 e. The van der Waals surface area contributed by atoms with Crippen LogP contribution in [0.3, 0.4) is 0 Å². The maximum atomic E-state index is 5.40. The lowest BCUT2D eigenvalue weighted by atomic mass is 10.1. The number of fused-ring (bicyclic) bond motifs is 1. The molecule has 0 saturated carbocycles. The van der Waals surface area contributed by atoms with Crippen LogP contribution in [-0.4, -0.2) is 26.0 Å². The first kappa shape index (κ1) is 16.5. The zero-order valence-electron chi connectivity index (χ0n) is 14.4. The first-order chi connectivity index (χ1) is 12.8. The predicted molar refractivity (Wildman–Crippen MR) is 102 cm³/mol. The van der Waals surface area contributed by atoms with Crippen LogP contribution in [0.2, 0.25) is 0 Å². The van der Waals surface area contributed by atoms with E-state index in [0.717, 1.165) is 33.3 Å². The van der Waals surface area contributed by atoms with Crippen LogP contribution in [0.5, 0.6) is 23.0 Å². The van der Waals surface area contributed by atoms with Crippen LogP contribution in [0, 0.1) is 0 Å². The molecule has 0 radical (unpaired) electrons. The predicted octanol–water partition coefficient (Wildman–Crippen LogP) is 4.73. The lowest BCUT2D eigenvalue weighted by molar-refractivity contribution is 0.174. The molecule has 0 spiro atoms. The molecule has 1 aliphatic rings. The van der Waals surface area contributed by atoms with Gasteiger partial charge in [-0.15, -0.1) is 11.3 Å². The molecule has 132 valence electrons. The third-order valence-electron chi connectivity index (χ3n) is 4.02. The standard InChI is InChI=1S/C20H17NO4S/c1-22-16-7-5-14(10-18(16)23-2)15-11-26-20(21-15)8-4-13-3-6-17-19(9-13)25-12-24-17/h3-11H,12H2,1-2H3. The minimum absolute atomic E-state index is 0.281. The van der Waals surface area contributed by atoms with Crippen molar-refractivity contribution in [1.29, 1.82) is 0 Å². The van der Waals surface area contributed by atoms with Crippen molar-refractivity contribution in [3.63, 3.8) is 0 Å². The number of hydrogen-bond donors (Lipinski definition) is 0. The number of nitrogens with zero attached hydrogens (tertiary/aromatic N) is 1.